The Labute approximate surface area is 625 Å². The summed E-state index contributed by atoms with van der Waals surface area (Å²) in [4.78, 5) is 186. The maximum Gasteiger partial charge on any atom is 0.240 e. The molecule has 0 saturated carbocycles. The van der Waals surface area contributed by atoms with E-state index in [4.69, 9.17) is 17.2 Å². The minimum absolute atomic E-state index is 0.0179. The molecule has 29 heteroatoms. The second kappa shape index (κ2) is 44.5. The molecule has 3 aromatic carbocycles. The number of nitrogens with zero attached hydrogens (tertiary/aromatic N) is 2. The molecule has 29 nitrogen and oxygen atoms in total. The molecule has 0 aliphatic carbocycles. The fourth-order valence-electron chi connectivity index (χ4n) is 12.0. The SMILES string of the molecule is CC[C@@H](C)C(=O)N[C@H](C(=O)C[C@@H](CC(N)=O)C(=O)N[C@@H](Cc1ccc(O)cc1)C(=O)C[C@H](C(=O)N[C@@H](Cc1ccc(O)cc1)C(N)=O)[C@@H](C)CC)C(C)C.CC[C@H](C)[C@H](CC(=O)[C@H](Cc1cnc[nH]1)NC(=O)[C@@H](N)Cc1cnc[nH]1)C(=O)N[C@@H](Cc1ccc(O)cc1)C(=O)C[C@@H](CC(C)C)C(=O)NCC(C)=O. The van der Waals surface area contributed by atoms with Crippen molar-refractivity contribution in [1.82, 2.24) is 51.8 Å². The Balaban J connectivity index is 0.000000452. The number of carbonyl (C=O) groups excluding carboxylic acids is 13. The third kappa shape index (κ3) is 30.9. The van der Waals surface area contributed by atoms with Gasteiger partial charge in [0.1, 0.15) is 29.1 Å². The zero-order chi connectivity index (χ0) is 79.8. The van der Waals surface area contributed by atoms with Gasteiger partial charge in [-0.05, 0) is 109 Å². The van der Waals surface area contributed by atoms with E-state index in [0.717, 1.165) is 0 Å². The van der Waals surface area contributed by atoms with Crippen molar-refractivity contribution in [3.63, 3.8) is 0 Å². The van der Waals surface area contributed by atoms with Gasteiger partial charge in [0.2, 0.25) is 47.3 Å². The van der Waals surface area contributed by atoms with Gasteiger partial charge in [-0.2, -0.15) is 0 Å². The molecule has 0 saturated heterocycles. The number of nitrogens with two attached hydrogens (primary N) is 3. The highest BCUT2D eigenvalue weighted by Gasteiger charge is 2.38. The molecule has 13 atom stereocenters. The summed E-state index contributed by atoms with van der Waals surface area (Å²) in [5, 5.41) is 45.7. The van der Waals surface area contributed by atoms with E-state index in [1.165, 1.54) is 56.0 Å². The van der Waals surface area contributed by atoms with E-state index in [0.29, 0.717) is 53.8 Å². The standard InChI is InChI=1S/C40H57N5O9.C38H54N8O7/c1-7-23(5)30(40(54)44-32(37(42)51)18-26-11-15-29(47)16-12-26)21-33(48)31(17-25-9-13-28(46)14-10-25)43-39(53)27(20-35(41)50)19-34(49)36(22(3)4)45-38(52)24(6)8-2;1-6-23(4)30(16-35(50)33(15-28-19-41-21-44-28)46-38(53)31(39)14-27-18-40-20-43-27)37(52)45-32(12-25-7-9-29(48)10-8-25)34(49)13-26(11-22(2)3)36(51)42-17-24(5)47/h9-16,22-24,27,30-32,36,46-47H,7-8,17-21H2,1-6H3,(H2,41,50)(H2,42,51)(H,43,53)(H,44,54)(H,45,52);7-10,18-23,26,30-33,48H,6,11-17,39H2,1-5H3,(H,40,43)(H,41,44)(H,42,51)(H,45,52)(H,46,53)/t23-,24+,27-,30-,31-,32-,36-;23-,26+,30-,31-,32-,33-/m00/s1. The number of ketones is 5. The van der Waals surface area contributed by atoms with Crippen molar-refractivity contribution in [2.75, 3.05) is 6.54 Å². The predicted octanol–water partition coefficient (Wildman–Crippen LogP) is 4.71. The number of aromatic nitrogens is 4. The Bertz CT molecular complexity index is 3730. The van der Waals surface area contributed by atoms with Crippen LogP contribution in [0.2, 0.25) is 0 Å². The number of nitrogens with one attached hydrogen (secondary N) is 8. The third-order valence-electron chi connectivity index (χ3n) is 19.1. The Morgan fingerprint density at radius 1 is 0.449 bits per heavy atom. The van der Waals surface area contributed by atoms with Crippen LogP contribution in [0.5, 0.6) is 17.2 Å². The predicted molar refractivity (Wildman–Crippen MR) is 399 cm³/mol. The monoisotopic (exact) mass is 1490 g/mol. The van der Waals surface area contributed by atoms with Gasteiger partial charge in [0.05, 0.1) is 55.3 Å². The average molecular weight is 1490 g/mol. The van der Waals surface area contributed by atoms with Crippen molar-refractivity contribution < 1.29 is 77.6 Å². The fourth-order valence-corrected chi connectivity index (χ4v) is 12.0. The fraction of sp³-hybridized carbons (Fsp3) is 0.526. The van der Waals surface area contributed by atoms with Crippen molar-refractivity contribution >= 4 is 76.2 Å². The van der Waals surface area contributed by atoms with E-state index in [1.54, 1.807) is 76.5 Å². The Morgan fingerprint density at radius 3 is 1.24 bits per heavy atom. The average Bonchev–Trinajstić information content (AvgIpc) is 1.54. The van der Waals surface area contributed by atoms with Crippen LogP contribution in [0.4, 0.5) is 0 Å². The molecule has 0 aliphatic heterocycles. The maximum atomic E-state index is 14.2. The van der Waals surface area contributed by atoms with Crippen LogP contribution in [0.25, 0.3) is 0 Å². The van der Waals surface area contributed by atoms with Gasteiger partial charge in [0, 0.05) is 98.8 Å². The number of hydrogen-bond donors (Lipinski definition) is 14. The number of Topliss-reactive ketones (excluding diaryl/α,β-unsaturated/α-hetero) is 5. The normalized spacial score (nSPS) is 14.9. The molecule has 107 heavy (non-hydrogen) atoms. The number of H-pyrrole nitrogens is 2. The number of rotatable bonds is 46. The van der Waals surface area contributed by atoms with Gasteiger partial charge >= 0.3 is 0 Å². The van der Waals surface area contributed by atoms with Crippen molar-refractivity contribution in [3.8, 4) is 17.2 Å². The molecule has 2 aromatic heterocycles. The summed E-state index contributed by atoms with van der Waals surface area (Å²) >= 11 is 0. The highest BCUT2D eigenvalue weighted by molar-refractivity contribution is 5.99. The summed E-state index contributed by atoms with van der Waals surface area (Å²) in [5.74, 6) is -11.9. The van der Waals surface area contributed by atoms with Crippen molar-refractivity contribution in [2.24, 2.45) is 70.5 Å². The lowest BCUT2D eigenvalue weighted by Crippen LogP contribution is -2.51. The Hall–Kier alpha value is -10.5. The van der Waals surface area contributed by atoms with E-state index in [1.807, 2.05) is 41.5 Å². The largest absolute Gasteiger partial charge is 0.508 e. The van der Waals surface area contributed by atoms with E-state index >= 15 is 0 Å². The second-order valence-corrected chi connectivity index (χ2v) is 28.7. The first kappa shape index (κ1) is 88.9. The summed E-state index contributed by atoms with van der Waals surface area (Å²) in [6.07, 6.45) is 6.62. The van der Waals surface area contributed by atoms with Crippen LogP contribution in [0.1, 0.15) is 162 Å². The molecule has 2 heterocycles. The van der Waals surface area contributed by atoms with Crippen molar-refractivity contribution in [2.45, 2.75) is 202 Å². The maximum absolute atomic E-state index is 14.2. The number of imidazole rings is 2. The number of benzene rings is 3. The van der Waals surface area contributed by atoms with Crippen LogP contribution >= 0.6 is 0 Å². The lowest BCUT2D eigenvalue weighted by atomic mass is 9.84. The van der Waals surface area contributed by atoms with Crippen LogP contribution in [0.3, 0.4) is 0 Å². The van der Waals surface area contributed by atoms with E-state index < -0.39 is 131 Å². The molecular weight excluding hydrogens is 1370 g/mol. The lowest BCUT2D eigenvalue weighted by molar-refractivity contribution is -0.137. The molecule has 17 N–H and O–H groups in total. The summed E-state index contributed by atoms with van der Waals surface area (Å²) in [5.41, 5.74) is 20.4. The summed E-state index contributed by atoms with van der Waals surface area (Å²) in [7, 11) is 0. The topological polar surface area (TPSA) is 490 Å². The zero-order valence-electron chi connectivity index (χ0n) is 63.3. The van der Waals surface area contributed by atoms with Gasteiger partial charge in [-0.15, -0.1) is 0 Å². The molecule has 0 spiro atoms. The molecular formula is C78H111N13O16. The van der Waals surface area contributed by atoms with Crippen LogP contribution in [-0.4, -0.2) is 154 Å². The number of hydrogen-bond acceptors (Lipinski definition) is 19. The highest BCUT2D eigenvalue weighted by atomic mass is 16.3. The number of carbonyl (C=O) groups is 13. The number of primary amides is 2. The summed E-state index contributed by atoms with van der Waals surface area (Å²) in [6.45, 7) is 19.5. The van der Waals surface area contributed by atoms with Crippen molar-refractivity contribution in [1.29, 1.82) is 0 Å². The quantitative estimate of drug-likeness (QED) is 0.0251. The second-order valence-electron chi connectivity index (χ2n) is 28.7. The number of aromatic amines is 2. The summed E-state index contributed by atoms with van der Waals surface area (Å²) in [6, 6.07) is 11.9. The molecule has 0 bridgehead atoms. The van der Waals surface area contributed by atoms with E-state index in [9.17, 15) is 77.6 Å². The van der Waals surface area contributed by atoms with Crippen LogP contribution < -0.4 is 49.1 Å². The molecule has 5 aromatic rings. The Morgan fingerprint density at radius 2 is 0.850 bits per heavy atom. The molecule has 0 unspecified atom stereocenters. The molecule has 0 aliphatic rings. The number of phenolic OH excluding ortho intramolecular Hbond substituents is 3. The number of phenols is 3. The Kier molecular flexibility index (Phi) is 37.0. The smallest absolute Gasteiger partial charge is 0.240 e. The summed E-state index contributed by atoms with van der Waals surface area (Å²) < 4.78 is 0. The molecule has 0 fully saturated rings. The van der Waals surface area contributed by atoms with Gasteiger partial charge in [0.25, 0.3) is 0 Å². The van der Waals surface area contributed by atoms with Gasteiger partial charge < -0.3 is 74.4 Å². The first-order chi connectivity index (χ1) is 50.5. The van der Waals surface area contributed by atoms with Crippen LogP contribution in [0.15, 0.2) is 97.8 Å². The molecule has 0 radical (unpaired) electrons. The van der Waals surface area contributed by atoms with Gasteiger partial charge in [-0.25, -0.2) is 9.97 Å². The zero-order valence-corrected chi connectivity index (χ0v) is 63.3. The molecule has 5 rings (SSSR count). The van der Waals surface area contributed by atoms with Crippen molar-refractivity contribution in [3.05, 3.63) is 126 Å². The van der Waals surface area contributed by atoms with E-state index in [2.05, 4.69) is 51.8 Å². The highest BCUT2D eigenvalue weighted by Crippen LogP contribution is 2.27. The van der Waals surface area contributed by atoms with Crippen LogP contribution in [-0.2, 0) is 94.4 Å². The molecule has 8 amide bonds. The van der Waals surface area contributed by atoms with Gasteiger partial charge in [0.15, 0.2) is 23.1 Å². The lowest BCUT2D eigenvalue weighted by Gasteiger charge is -2.28. The third-order valence-corrected chi connectivity index (χ3v) is 19.1. The first-order valence-electron chi connectivity index (χ1n) is 36.5. The van der Waals surface area contributed by atoms with Gasteiger partial charge in [-0.1, -0.05) is 118 Å². The number of aromatic hydroxyl groups is 3. The molecule has 584 valence electrons. The van der Waals surface area contributed by atoms with Crippen LogP contribution in [0, 0.1) is 53.3 Å². The first-order valence-corrected chi connectivity index (χ1v) is 36.5. The van der Waals surface area contributed by atoms with Gasteiger partial charge in [-0.3, -0.25) is 62.3 Å². The number of amides is 8. The van der Waals surface area contributed by atoms with E-state index in [-0.39, 0.29) is 122 Å². The minimum atomic E-state index is -1.27. The minimum Gasteiger partial charge on any atom is -0.508 e.